The third-order valence-corrected chi connectivity index (χ3v) is 3.70. The standard InChI is InChI=1S/C13H9N5O2S/c19-13-17-5-2-1-3-10(17)15-18(13)7-11-14-12(16-20-11)9-4-6-21-8-9/h1-6,8H,7H2. The maximum Gasteiger partial charge on any atom is 0.350 e. The number of pyridine rings is 1. The molecule has 0 bridgehead atoms. The van der Waals surface area contributed by atoms with Gasteiger partial charge in [0.2, 0.25) is 11.7 Å². The van der Waals surface area contributed by atoms with Gasteiger partial charge < -0.3 is 4.52 Å². The Bertz CT molecular complexity index is 950. The Balaban J connectivity index is 1.69. The highest BCUT2D eigenvalue weighted by atomic mass is 32.1. The third kappa shape index (κ3) is 2.05. The van der Waals surface area contributed by atoms with Crippen molar-refractivity contribution in [2.75, 3.05) is 0 Å². The Labute approximate surface area is 122 Å². The summed E-state index contributed by atoms with van der Waals surface area (Å²) in [4.78, 5) is 16.4. The molecule has 4 rings (SSSR count). The van der Waals surface area contributed by atoms with E-state index in [4.69, 9.17) is 4.52 Å². The predicted molar refractivity (Wildman–Crippen MR) is 76.2 cm³/mol. The van der Waals surface area contributed by atoms with Gasteiger partial charge in [0.25, 0.3) is 0 Å². The van der Waals surface area contributed by atoms with Gasteiger partial charge in [-0.05, 0) is 23.6 Å². The van der Waals surface area contributed by atoms with Gasteiger partial charge in [-0.2, -0.15) is 16.3 Å². The van der Waals surface area contributed by atoms with E-state index in [9.17, 15) is 4.79 Å². The largest absolute Gasteiger partial charge is 0.350 e. The van der Waals surface area contributed by atoms with Gasteiger partial charge in [-0.3, -0.25) is 4.40 Å². The van der Waals surface area contributed by atoms with Crippen LogP contribution in [0.3, 0.4) is 0 Å². The molecule has 4 aromatic rings. The van der Waals surface area contributed by atoms with Crippen molar-refractivity contribution in [3.05, 3.63) is 57.6 Å². The molecule has 0 aliphatic heterocycles. The van der Waals surface area contributed by atoms with Crippen molar-refractivity contribution in [3.63, 3.8) is 0 Å². The van der Waals surface area contributed by atoms with Crippen LogP contribution in [0.4, 0.5) is 0 Å². The van der Waals surface area contributed by atoms with E-state index in [1.165, 1.54) is 9.08 Å². The van der Waals surface area contributed by atoms with Crippen LogP contribution >= 0.6 is 11.3 Å². The molecule has 0 saturated heterocycles. The van der Waals surface area contributed by atoms with E-state index in [1.807, 2.05) is 22.9 Å². The Morgan fingerprint density at radius 3 is 3.05 bits per heavy atom. The highest BCUT2D eigenvalue weighted by Crippen LogP contribution is 2.18. The van der Waals surface area contributed by atoms with Gasteiger partial charge in [-0.1, -0.05) is 11.2 Å². The van der Waals surface area contributed by atoms with Crippen molar-refractivity contribution in [2.45, 2.75) is 6.54 Å². The van der Waals surface area contributed by atoms with Crippen molar-refractivity contribution < 1.29 is 4.52 Å². The highest BCUT2D eigenvalue weighted by molar-refractivity contribution is 7.08. The lowest BCUT2D eigenvalue weighted by Crippen LogP contribution is -2.21. The number of nitrogens with zero attached hydrogens (tertiary/aromatic N) is 5. The minimum absolute atomic E-state index is 0.150. The van der Waals surface area contributed by atoms with Gasteiger partial charge in [0.1, 0.15) is 6.54 Å². The summed E-state index contributed by atoms with van der Waals surface area (Å²) < 4.78 is 7.95. The first kappa shape index (κ1) is 12.0. The van der Waals surface area contributed by atoms with Crippen LogP contribution in [0.15, 0.2) is 50.5 Å². The topological polar surface area (TPSA) is 78.2 Å². The first-order valence-electron chi connectivity index (χ1n) is 6.20. The molecule has 0 aromatic carbocycles. The number of aromatic nitrogens is 5. The van der Waals surface area contributed by atoms with Crippen molar-refractivity contribution in [1.82, 2.24) is 24.3 Å². The van der Waals surface area contributed by atoms with Crippen LogP contribution in [0, 0.1) is 0 Å². The van der Waals surface area contributed by atoms with Crippen LogP contribution in [0.1, 0.15) is 5.89 Å². The zero-order valence-electron chi connectivity index (χ0n) is 10.7. The van der Waals surface area contributed by atoms with Crippen LogP contribution in [0.2, 0.25) is 0 Å². The maximum absolute atomic E-state index is 12.1. The summed E-state index contributed by atoms with van der Waals surface area (Å²) in [6.45, 7) is 0.150. The molecule has 0 spiro atoms. The van der Waals surface area contributed by atoms with E-state index in [0.717, 1.165) is 5.56 Å². The Hall–Kier alpha value is -2.74. The van der Waals surface area contributed by atoms with Gasteiger partial charge in [-0.25, -0.2) is 9.48 Å². The second kappa shape index (κ2) is 4.67. The molecule has 0 N–H and O–H groups in total. The first-order chi connectivity index (χ1) is 10.3. The molecule has 7 nitrogen and oxygen atoms in total. The lowest BCUT2D eigenvalue weighted by molar-refractivity contribution is 0.364. The van der Waals surface area contributed by atoms with Crippen molar-refractivity contribution in [3.8, 4) is 11.4 Å². The zero-order valence-corrected chi connectivity index (χ0v) is 11.5. The van der Waals surface area contributed by atoms with E-state index in [-0.39, 0.29) is 12.2 Å². The van der Waals surface area contributed by atoms with Crippen LogP contribution in [-0.2, 0) is 6.54 Å². The number of thiophene rings is 1. The first-order valence-corrected chi connectivity index (χ1v) is 7.15. The van der Waals surface area contributed by atoms with Crippen LogP contribution < -0.4 is 5.69 Å². The predicted octanol–water partition coefficient (Wildman–Crippen LogP) is 1.66. The van der Waals surface area contributed by atoms with Gasteiger partial charge in [0, 0.05) is 17.1 Å². The summed E-state index contributed by atoms with van der Waals surface area (Å²) in [6.07, 6.45) is 1.67. The lowest BCUT2D eigenvalue weighted by atomic mass is 10.3. The quantitative estimate of drug-likeness (QED) is 0.575. The molecule has 0 saturated carbocycles. The van der Waals surface area contributed by atoms with Crippen LogP contribution in [0.5, 0.6) is 0 Å². The second-order valence-electron chi connectivity index (χ2n) is 4.39. The van der Waals surface area contributed by atoms with Gasteiger partial charge in [0.15, 0.2) is 5.65 Å². The van der Waals surface area contributed by atoms with Crippen LogP contribution in [-0.4, -0.2) is 24.3 Å². The van der Waals surface area contributed by atoms with E-state index in [1.54, 1.807) is 29.7 Å². The molecule has 0 aliphatic rings. The SMILES string of the molecule is O=c1n(Cc2nc(-c3ccsc3)no2)nc2ccccn12. The lowest BCUT2D eigenvalue weighted by Gasteiger charge is -1.91. The summed E-state index contributed by atoms with van der Waals surface area (Å²) in [6, 6.07) is 7.29. The zero-order chi connectivity index (χ0) is 14.2. The van der Waals surface area contributed by atoms with Crippen molar-refractivity contribution >= 4 is 17.0 Å². The van der Waals surface area contributed by atoms with Gasteiger partial charge in [0.05, 0.1) is 0 Å². The summed E-state index contributed by atoms with van der Waals surface area (Å²) in [5, 5.41) is 12.0. The normalized spacial score (nSPS) is 11.2. The third-order valence-electron chi connectivity index (χ3n) is 3.02. The molecule has 8 heteroatoms. The summed E-state index contributed by atoms with van der Waals surface area (Å²) in [5.74, 6) is 0.866. The molecule has 0 unspecified atom stereocenters. The molecule has 0 fully saturated rings. The fourth-order valence-corrected chi connectivity index (χ4v) is 2.66. The van der Waals surface area contributed by atoms with Gasteiger partial charge >= 0.3 is 5.69 Å². The molecule has 0 amide bonds. The average molecular weight is 299 g/mol. The summed E-state index contributed by atoms with van der Waals surface area (Å²) in [5.41, 5.74) is 1.25. The molecule has 0 aliphatic carbocycles. The Kier molecular flexibility index (Phi) is 2.68. The molecular weight excluding hydrogens is 290 g/mol. The molecule has 104 valence electrons. The number of hydrogen-bond acceptors (Lipinski definition) is 6. The summed E-state index contributed by atoms with van der Waals surface area (Å²) in [7, 11) is 0. The number of hydrogen-bond donors (Lipinski definition) is 0. The molecule has 0 radical (unpaired) electrons. The van der Waals surface area contributed by atoms with Crippen LogP contribution in [0.25, 0.3) is 17.0 Å². The fourth-order valence-electron chi connectivity index (χ4n) is 2.03. The maximum atomic E-state index is 12.1. The minimum Gasteiger partial charge on any atom is -0.337 e. The highest BCUT2D eigenvalue weighted by Gasteiger charge is 2.12. The minimum atomic E-state index is -0.235. The van der Waals surface area contributed by atoms with E-state index < -0.39 is 0 Å². The smallest absolute Gasteiger partial charge is 0.337 e. The molecular formula is C13H9N5O2S. The molecule has 4 aromatic heterocycles. The monoisotopic (exact) mass is 299 g/mol. The van der Waals surface area contributed by atoms with E-state index in [0.29, 0.717) is 17.4 Å². The van der Waals surface area contributed by atoms with Crippen molar-refractivity contribution in [2.24, 2.45) is 0 Å². The Morgan fingerprint density at radius 1 is 1.29 bits per heavy atom. The van der Waals surface area contributed by atoms with Crippen molar-refractivity contribution in [1.29, 1.82) is 0 Å². The van der Waals surface area contributed by atoms with E-state index >= 15 is 0 Å². The van der Waals surface area contributed by atoms with Gasteiger partial charge in [-0.15, -0.1) is 5.10 Å². The molecule has 21 heavy (non-hydrogen) atoms. The average Bonchev–Trinajstić information content (AvgIpc) is 3.21. The van der Waals surface area contributed by atoms with E-state index in [2.05, 4.69) is 15.2 Å². The Morgan fingerprint density at radius 2 is 2.24 bits per heavy atom. The number of fused-ring (bicyclic) bond motifs is 1. The molecule has 0 atom stereocenters. The number of rotatable bonds is 3. The fraction of sp³-hybridized carbons (Fsp3) is 0.0769. The molecule has 4 heterocycles. The second-order valence-corrected chi connectivity index (χ2v) is 5.17. The summed E-state index contributed by atoms with van der Waals surface area (Å²) >= 11 is 1.56.